The maximum atomic E-state index is 2.42. The van der Waals surface area contributed by atoms with Crippen LogP contribution in [0.4, 0.5) is 5.82 Å². The normalized spacial score (nSPS) is 11.4. The number of benzene rings is 5. The van der Waals surface area contributed by atoms with Gasteiger partial charge in [0.05, 0.1) is 0 Å². The minimum absolute atomic E-state index is 0.0380. The van der Waals surface area contributed by atoms with E-state index >= 15 is 0 Å². The quantitative estimate of drug-likeness (QED) is 0.111. The molecule has 0 aliphatic carbocycles. The van der Waals surface area contributed by atoms with E-state index in [1.165, 1.54) is 56.0 Å². The molecule has 0 radical (unpaired) electrons. The minimum Gasteiger partial charge on any atom is -0.340 e. The summed E-state index contributed by atoms with van der Waals surface area (Å²) in [5.74, 6) is 1.28. The zero-order valence-corrected chi connectivity index (χ0v) is 27.5. The molecular formula is C44H42N3+. The number of aromatic nitrogens is 2. The number of aryl methyl sites for hydroxylation is 1. The second kappa shape index (κ2) is 13.5. The first kappa shape index (κ1) is 30.3. The van der Waals surface area contributed by atoms with Crippen LogP contribution in [0.5, 0.6) is 0 Å². The van der Waals surface area contributed by atoms with Crippen LogP contribution in [-0.2, 0) is 0 Å². The smallest absolute Gasteiger partial charge is 0.255 e. The van der Waals surface area contributed by atoms with Crippen molar-refractivity contribution in [3.8, 4) is 5.69 Å². The van der Waals surface area contributed by atoms with Crippen molar-refractivity contribution >= 4 is 11.3 Å². The fourth-order valence-corrected chi connectivity index (χ4v) is 7.24. The molecule has 2 heterocycles. The molecule has 7 aromatic rings. The first-order valence-corrected chi connectivity index (χ1v) is 16.8. The van der Waals surface area contributed by atoms with Crippen molar-refractivity contribution in [2.24, 2.45) is 0 Å². The molecule has 0 aliphatic heterocycles. The van der Waals surface area contributed by atoms with Gasteiger partial charge in [-0.2, -0.15) is 4.40 Å². The number of hydrogen-bond acceptors (Lipinski definition) is 1. The van der Waals surface area contributed by atoms with Crippen molar-refractivity contribution in [2.75, 3.05) is 18.0 Å². The van der Waals surface area contributed by atoms with Gasteiger partial charge in [0.1, 0.15) is 11.9 Å². The topological polar surface area (TPSA) is 11.5 Å². The maximum Gasteiger partial charge on any atom is 0.255 e. The van der Waals surface area contributed by atoms with Crippen molar-refractivity contribution in [3.63, 3.8) is 0 Å². The highest BCUT2D eigenvalue weighted by atomic mass is 15.2. The van der Waals surface area contributed by atoms with Gasteiger partial charge in [-0.25, -0.2) is 4.57 Å². The number of rotatable bonds is 10. The average Bonchev–Trinajstić information content (AvgIpc) is 3.56. The molecule has 0 atom stereocenters. The highest BCUT2D eigenvalue weighted by Gasteiger charge is 2.31. The summed E-state index contributed by atoms with van der Waals surface area (Å²) in [4.78, 5) is 2.42. The maximum absolute atomic E-state index is 2.42. The Morgan fingerprint density at radius 1 is 0.553 bits per heavy atom. The number of hydrogen-bond donors (Lipinski definition) is 0. The number of fused-ring (bicyclic) bond motifs is 1. The Kier molecular flexibility index (Phi) is 8.70. The Hall–Kier alpha value is -5.41. The van der Waals surface area contributed by atoms with Gasteiger partial charge in [0, 0.05) is 42.1 Å². The summed E-state index contributed by atoms with van der Waals surface area (Å²) in [7, 11) is 0. The van der Waals surface area contributed by atoms with Crippen LogP contribution < -0.4 is 9.47 Å². The van der Waals surface area contributed by atoms with E-state index in [1.54, 1.807) is 0 Å². The summed E-state index contributed by atoms with van der Waals surface area (Å²) >= 11 is 0. The Balaban J connectivity index is 1.59. The molecule has 2 aromatic heterocycles. The van der Waals surface area contributed by atoms with Crippen LogP contribution in [0, 0.1) is 6.92 Å². The first-order valence-electron chi connectivity index (χ1n) is 16.8. The third-order valence-electron chi connectivity index (χ3n) is 9.36. The Morgan fingerprint density at radius 3 is 1.38 bits per heavy atom. The van der Waals surface area contributed by atoms with E-state index in [4.69, 9.17) is 0 Å². The van der Waals surface area contributed by atoms with E-state index in [-0.39, 0.29) is 11.8 Å². The molecule has 3 nitrogen and oxygen atoms in total. The first-order chi connectivity index (χ1) is 23.2. The second-order valence-electron chi connectivity index (χ2n) is 12.3. The van der Waals surface area contributed by atoms with Gasteiger partial charge in [0.15, 0.2) is 5.52 Å². The fourth-order valence-electron chi connectivity index (χ4n) is 7.24. The molecule has 0 aliphatic rings. The van der Waals surface area contributed by atoms with Crippen LogP contribution in [0.15, 0.2) is 164 Å². The molecule has 7 rings (SSSR count). The zero-order valence-electron chi connectivity index (χ0n) is 27.5. The van der Waals surface area contributed by atoms with Crippen LogP contribution in [-0.4, -0.2) is 17.5 Å². The van der Waals surface area contributed by atoms with Gasteiger partial charge in [0.2, 0.25) is 5.82 Å². The molecule has 47 heavy (non-hydrogen) atoms. The highest BCUT2D eigenvalue weighted by Crippen LogP contribution is 2.41. The van der Waals surface area contributed by atoms with E-state index in [9.17, 15) is 0 Å². The molecule has 0 fully saturated rings. The second-order valence-corrected chi connectivity index (χ2v) is 12.3. The molecule has 0 saturated heterocycles. The highest BCUT2D eigenvalue weighted by molar-refractivity contribution is 5.60. The third-order valence-corrected chi connectivity index (χ3v) is 9.36. The van der Waals surface area contributed by atoms with E-state index in [0.29, 0.717) is 0 Å². The van der Waals surface area contributed by atoms with Crippen molar-refractivity contribution in [3.05, 3.63) is 203 Å². The lowest BCUT2D eigenvalue weighted by Gasteiger charge is -2.26. The minimum atomic E-state index is 0.0380. The van der Waals surface area contributed by atoms with Gasteiger partial charge in [-0.1, -0.05) is 145 Å². The van der Waals surface area contributed by atoms with Crippen molar-refractivity contribution in [2.45, 2.75) is 32.6 Å². The van der Waals surface area contributed by atoms with Crippen LogP contribution in [0.3, 0.4) is 0 Å². The monoisotopic (exact) mass is 612 g/mol. The molecule has 232 valence electrons. The Bertz CT molecular complexity index is 1880. The molecule has 0 amide bonds. The largest absolute Gasteiger partial charge is 0.340 e. The summed E-state index contributed by atoms with van der Waals surface area (Å²) in [6, 6.07) is 55.4. The number of anilines is 1. The van der Waals surface area contributed by atoms with Crippen LogP contribution in [0.2, 0.25) is 0 Å². The van der Waals surface area contributed by atoms with E-state index < -0.39 is 0 Å². The van der Waals surface area contributed by atoms with Gasteiger partial charge in [-0.3, -0.25) is 0 Å². The molecule has 0 bridgehead atoms. The summed E-state index contributed by atoms with van der Waals surface area (Å²) in [5.41, 5.74) is 11.3. The summed E-state index contributed by atoms with van der Waals surface area (Å²) in [6.07, 6.45) is 4.60. The number of nitrogens with zero attached hydrogens (tertiary/aromatic N) is 3. The zero-order chi connectivity index (χ0) is 32.2. The molecule has 0 unspecified atom stereocenters. The predicted octanol–water partition coefficient (Wildman–Crippen LogP) is 9.73. The summed E-state index contributed by atoms with van der Waals surface area (Å²) in [6.45, 7) is 8.59. The SMILES string of the molecule is CCN(CC)c1cccc2c[n+](-c3c(C(c4ccccc4)c4ccccc4)cc(C)cc3C(c3ccccc3)c3ccccc3)cn12. The van der Waals surface area contributed by atoms with Crippen molar-refractivity contribution in [1.29, 1.82) is 0 Å². The lowest BCUT2D eigenvalue weighted by molar-refractivity contribution is -0.595. The standard InChI is InChI=1S/C44H42N3/c1-4-45(5-2)41-28-18-27-38-31-46(32-47(38)41)44-39(42(34-19-10-6-11-20-34)35-21-12-7-13-22-35)29-33(3)30-40(44)43(36-23-14-8-15-24-36)37-25-16-9-17-26-37/h6-32,42-43H,4-5H2,1-3H3/q+1. The van der Waals surface area contributed by atoms with Crippen LogP contribution in [0.25, 0.3) is 11.2 Å². The lowest BCUT2D eigenvalue weighted by atomic mass is 9.78. The summed E-state index contributed by atoms with van der Waals surface area (Å²) in [5, 5.41) is 0. The fraction of sp³-hybridized carbons (Fsp3) is 0.159. The van der Waals surface area contributed by atoms with Gasteiger partial charge >= 0.3 is 0 Å². The van der Waals surface area contributed by atoms with E-state index in [0.717, 1.165) is 13.1 Å². The predicted molar refractivity (Wildman–Crippen MR) is 195 cm³/mol. The van der Waals surface area contributed by atoms with E-state index in [1.807, 2.05) is 0 Å². The van der Waals surface area contributed by atoms with Gasteiger partial charge in [0.25, 0.3) is 6.33 Å². The molecule has 0 N–H and O–H groups in total. The van der Waals surface area contributed by atoms with Crippen molar-refractivity contribution < 1.29 is 4.57 Å². The molecule has 5 aromatic carbocycles. The molecule has 0 saturated carbocycles. The van der Waals surface area contributed by atoms with Crippen LogP contribution in [0.1, 0.15) is 64.6 Å². The molecule has 0 spiro atoms. The van der Waals surface area contributed by atoms with Gasteiger partial charge < -0.3 is 4.90 Å². The Labute approximate surface area is 279 Å². The van der Waals surface area contributed by atoms with Gasteiger partial charge in [-0.15, -0.1) is 0 Å². The lowest BCUT2D eigenvalue weighted by Crippen LogP contribution is -2.33. The third kappa shape index (κ3) is 5.97. The molecular weight excluding hydrogens is 571 g/mol. The average molecular weight is 613 g/mol. The number of imidazole rings is 1. The Morgan fingerprint density at radius 2 is 0.979 bits per heavy atom. The van der Waals surface area contributed by atoms with Crippen molar-refractivity contribution in [1.82, 2.24) is 4.40 Å². The van der Waals surface area contributed by atoms with Gasteiger partial charge in [-0.05, 0) is 49.1 Å². The summed E-state index contributed by atoms with van der Waals surface area (Å²) < 4.78 is 4.74. The van der Waals surface area contributed by atoms with E-state index in [2.05, 4.69) is 199 Å². The van der Waals surface area contributed by atoms with Crippen LogP contribution >= 0.6 is 0 Å². The molecule has 3 heteroatoms. The number of pyridine rings is 1.